The number of carbonyl (C=O) groups excluding carboxylic acids is 2. The van der Waals surface area contributed by atoms with Crippen LogP contribution in [-0.4, -0.2) is 30.0 Å². The molecule has 0 radical (unpaired) electrons. The number of thiophene rings is 1. The molecular formula is C21H17BrN2O3S. The van der Waals surface area contributed by atoms with Gasteiger partial charge in [0.2, 0.25) is 0 Å². The molecule has 0 saturated carbocycles. The molecule has 0 N–H and O–H groups in total. The third-order valence-corrected chi connectivity index (χ3v) is 6.14. The molecule has 3 aromatic rings. The fraction of sp³-hybridized carbons (Fsp3) is 0.190. The molecule has 1 aromatic carbocycles. The van der Waals surface area contributed by atoms with E-state index in [1.54, 1.807) is 30.0 Å². The van der Waals surface area contributed by atoms with E-state index in [1.165, 1.54) is 11.3 Å². The number of benzene rings is 1. The molecule has 7 heteroatoms. The van der Waals surface area contributed by atoms with Gasteiger partial charge in [0.15, 0.2) is 0 Å². The van der Waals surface area contributed by atoms with Crippen LogP contribution in [0, 0.1) is 0 Å². The fourth-order valence-electron chi connectivity index (χ4n) is 3.28. The number of aromatic nitrogens is 1. The predicted molar refractivity (Wildman–Crippen MR) is 113 cm³/mol. The molecule has 142 valence electrons. The minimum absolute atomic E-state index is 0.144. The number of carbonyl (C=O) groups is 2. The molecule has 0 fully saturated rings. The first kappa shape index (κ1) is 18.8. The quantitative estimate of drug-likeness (QED) is 0.413. The maximum atomic E-state index is 13.2. The maximum absolute atomic E-state index is 13.2. The first-order valence-electron chi connectivity index (χ1n) is 8.92. The van der Waals surface area contributed by atoms with Gasteiger partial charge in [-0.1, -0.05) is 24.3 Å². The fourth-order valence-corrected chi connectivity index (χ4v) is 4.76. The zero-order chi connectivity index (χ0) is 19.7. The lowest BCUT2D eigenvalue weighted by Gasteiger charge is -2.22. The van der Waals surface area contributed by atoms with Crippen LogP contribution in [0.25, 0.3) is 10.4 Å². The molecule has 4 rings (SSSR count). The second-order valence-corrected chi connectivity index (χ2v) is 8.12. The number of fused-ring (bicyclic) bond motifs is 3. The van der Waals surface area contributed by atoms with Crippen LogP contribution in [0.3, 0.4) is 0 Å². The summed E-state index contributed by atoms with van der Waals surface area (Å²) in [5.74, 6) is -0.446. The molecule has 5 nitrogen and oxygen atoms in total. The van der Waals surface area contributed by atoms with E-state index in [-0.39, 0.29) is 11.9 Å². The number of hydrogen-bond donors (Lipinski definition) is 0. The van der Waals surface area contributed by atoms with Crippen LogP contribution in [0.4, 0.5) is 5.69 Å². The summed E-state index contributed by atoms with van der Waals surface area (Å²) < 4.78 is 5.77. The summed E-state index contributed by atoms with van der Waals surface area (Å²) in [6, 6.07) is 15.0. The van der Waals surface area contributed by atoms with Crippen LogP contribution in [0.1, 0.15) is 32.6 Å². The Hall–Kier alpha value is -2.51. The van der Waals surface area contributed by atoms with Crippen molar-refractivity contribution in [3.63, 3.8) is 0 Å². The van der Waals surface area contributed by atoms with Crippen LogP contribution >= 0.6 is 27.3 Å². The minimum atomic E-state index is -0.302. The average molecular weight is 457 g/mol. The summed E-state index contributed by atoms with van der Waals surface area (Å²) in [7, 11) is 0. The van der Waals surface area contributed by atoms with Gasteiger partial charge in [-0.3, -0.25) is 4.79 Å². The average Bonchev–Trinajstić information content (AvgIpc) is 3.06. The van der Waals surface area contributed by atoms with Gasteiger partial charge >= 0.3 is 5.97 Å². The molecule has 0 saturated heterocycles. The molecule has 1 amide bonds. The number of hydrogen-bond acceptors (Lipinski definition) is 5. The Morgan fingerprint density at radius 3 is 2.82 bits per heavy atom. The molecular weight excluding hydrogens is 440 g/mol. The van der Waals surface area contributed by atoms with E-state index in [2.05, 4.69) is 20.9 Å². The Morgan fingerprint density at radius 2 is 2.04 bits per heavy atom. The SMILES string of the molecule is CCOC(=O)c1cc2c(s1)-c1ccccc1N(C(=O)c1cccc(Br)n1)CC2. The van der Waals surface area contributed by atoms with Gasteiger partial charge in [0.25, 0.3) is 5.91 Å². The van der Waals surface area contributed by atoms with E-state index in [4.69, 9.17) is 4.74 Å². The minimum Gasteiger partial charge on any atom is -0.462 e. The van der Waals surface area contributed by atoms with Gasteiger partial charge in [0.1, 0.15) is 15.2 Å². The number of halogens is 1. The molecule has 0 unspecified atom stereocenters. The number of amides is 1. The van der Waals surface area contributed by atoms with Gasteiger partial charge in [-0.05, 0) is 59.1 Å². The summed E-state index contributed by atoms with van der Waals surface area (Å²) in [6.45, 7) is 2.65. The number of rotatable bonds is 3. The third kappa shape index (κ3) is 3.47. The van der Waals surface area contributed by atoms with Crippen molar-refractivity contribution in [2.75, 3.05) is 18.1 Å². The predicted octanol–water partition coefficient (Wildman–Crippen LogP) is 4.95. The van der Waals surface area contributed by atoms with Crippen molar-refractivity contribution in [3.05, 3.63) is 69.3 Å². The second-order valence-electron chi connectivity index (χ2n) is 6.25. The summed E-state index contributed by atoms with van der Waals surface area (Å²) >= 11 is 4.74. The topological polar surface area (TPSA) is 59.5 Å². The summed E-state index contributed by atoms with van der Waals surface area (Å²) in [5.41, 5.74) is 3.21. The zero-order valence-corrected chi connectivity index (χ0v) is 17.5. The summed E-state index contributed by atoms with van der Waals surface area (Å²) in [6.07, 6.45) is 0.652. The largest absolute Gasteiger partial charge is 0.462 e. The van der Waals surface area contributed by atoms with Crippen molar-refractivity contribution < 1.29 is 14.3 Å². The highest BCUT2D eigenvalue weighted by Crippen LogP contribution is 2.41. The van der Waals surface area contributed by atoms with Crippen molar-refractivity contribution in [1.29, 1.82) is 0 Å². The van der Waals surface area contributed by atoms with Crippen LogP contribution < -0.4 is 4.90 Å². The van der Waals surface area contributed by atoms with E-state index in [9.17, 15) is 9.59 Å². The van der Waals surface area contributed by atoms with E-state index < -0.39 is 0 Å². The number of para-hydroxylation sites is 1. The van der Waals surface area contributed by atoms with Gasteiger partial charge in [-0.2, -0.15) is 0 Å². The van der Waals surface area contributed by atoms with Crippen molar-refractivity contribution >= 4 is 44.8 Å². The number of ether oxygens (including phenoxy) is 1. The van der Waals surface area contributed by atoms with Gasteiger partial charge in [-0.25, -0.2) is 9.78 Å². The third-order valence-electron chi connectivity index (χ3n) is 4.51. The molecule has 3 heterocycles. The van der Waals surface area contributed by atoms with E-state index in [0.717, 1.165) is 21.7 Å². The van der Waals surface area contributed by atoms with Gasteiger partial charge in [0, 0.05) is 17.0 Å². The molecule has 0 spiro atoms. The smallest absolute Gasteiger partial charge is 0.348 e. The van der Waals surface area contributed by atoms with Crippen LogP contribution in [-0.2, 0) is 11.2 Å². The second kappa shape index (κ2) is 7.85. The number of anilines is 1. The van der Waals surface area contributed by atoms with Crippen LogP contribution in [0.5, 0.6) is 0 Å². The molecule has 2 aromatic heterocycles. The van der Waals surface area contributed by atoms with Crippen LogP contribution in [0.15, 0.2) is 53.1 Å². The highest BCUT2D eigenvalue weighted by molar-refractivity contribution is 9.10. The Labute approximate surface area is 175 Å². The molecule has 0 bridgehead atoms. The maximum Gasteiger partial charge on any atom is 0.348 e. The standard InChI is InChI=1S/C21H17BrN2O3S/c1-2-27-21(26)17-12-13-10-11-24(20(25)15-7-5-9-18(22)23-15)16-8-4-3-6-14(16)19(13)28-17/h3-9,12H,2,10-11H2,1H3. The number of nitrogens with zero attached hydrogens (tertiary/aromatic N) is 2. The Morgan fingerprint density at radius 1 is 1.21 bits per heavy atom. The van der Waals surface area contributed by atoms with E-state index in [0.29, 0.717) is 34.7 Å². The Bertz CT molecular complexity index is 1060. The molecule has 1 aliphatic heterocycles. The van der Waals surface area contributed by atoms with Crippen molar-refractivity contribution in [2.24, 2.45) is 0 Å². The molecule has 0 aliphatic carbocycles. The molecule has 0 atom stereocenters. The number of pyridine rings is 1. The Kier molecular flexibility index (Phi) is 5.28. The van der Waals surface area contributed by atoms with Crippen molar-refractivity contribution in [2.45, 2.75) is 13.3 Å². The lowest BCUT2D eigenvalue weighted by molar-refractivity contribution is 0.0532. The molecule has 28 heavy (non-hydrogen) atoms. The lowest BCUT2D eigenvalue weighted by Crippen LogP contribution is -2.33. The van der Waals surface area contributed by atoms with E-state index in [1.807, 2.05) is 30.3 Å². The first-order chi connectivity index (χ1) is 13.6. The van der Waals surface area contributed by atoms with E-state index >= 15 is 0 Å². The molecule has 1 aliphatic rings. The van der Waals surface area contributed by atoms with Gasteiger partial charge in [0.05, 0.1) is 12.3 Å². The van der Waals surface area contributed by atoms with Crippen molar-refractivity contribution in [1.82, 2.24) is 4.98 Å². The van der Waals surface area contributed by atoms with Gasteiger partial charge < -0.3 is 9.64 Å². The highest BCUT2D eigenvalue weighted by atomic mass is 79.9. The summed E-state index contributed by atoms with van der Waals surface area (Å²) in [4.78, 5) is 33.0. The monoisotopic (exact) mass is 456 g/mol. The van der Waals surface area contributed by atoms with Crippen LogP contribution in [0.2, 0.25) is 0 Å². The lowest BCUT2D eigenvalue weighted by atomic mass is 10.1. The normalized spacial score (nSPS) is 12.7. The first-order valence-corrected chi connectivity index (χ1v) is 10.5. The number of esters is 1. The van der Waals surface area contributed by atoms with Crippen molar-refractivity contribution in [3.8, 4) is 10.4 Å². The highest BCUT2D eigenvalue weighted by Gasteiger charge is 2.28. The Balaban J connectivity index is 1.76. The van der Waals surface area contributed by atoms with Gasteiger partial charge in [-0.15, -0.1) is 11.3 Å². The zero-order valence-electron chi connectivity index (χ0n) is 15.1. The summed E-state index contributed by atoms with van der Waals surface area (Å²) in [5, 5.41) is 0.